The SMILES string of the molecule is CC(=O)Nc1ccc(C(=O)NC2CCC(Oc3ncc(F)cn3)CC2)cc1. The number of ether oxygens (including phenoxy) is 1. The van der Waals surface area contributed by atoms with Crippen LogP contribution in [0.4, 0.5) is 10.1 Å². The second kappa shape index (κ2) is 8.57. The summed E-state index contributed by atoms with van der Waals surface area (Å²) in [6.07, 6.45) is 5.18. The molecule has 3 rings (SSSR count). The number of hydrogen-bond acceptors (Lipinski definition) is 5. The van der Waals surface area contributed by atoms with Gasteiger partial charge in [0.05, 0.1) is 12.4 Å². The summed E-state index contributed by atoms with van der Waals surface area (Å²) >= 11 is 0. The van der Waals surface area contributed by atoms with Crippen molar-refractivity contribution in [3.05, 3.63) is 48.0 Å². The van der Waals surface area contributed by atoms with Gasteiger partial charge in [0, 0.05) is 24.2 Å². The molecule has 7 nitrogen and oxygen atoms in total. The quantitative estimate of drug-likeness (QED) is 0.842. The normalized spacial score (nSPS) is 19.2. The average Bonchev–Trinajstić information content (AvgIpc) is 2.65. The molecule has 8 heteroatoms. The van der Waals surface area contributed by atoms with Crippen molar-refractivity contribution in [1.29, 1.82) is 0 Å². The molecule has 1 aromatic carbocycles. The molecule has 2 N–H and O–H groups in total. The monoisotopic (exact) mass is 372 g/mol. The van der Waals surface area contributed by atoms with Gasteiger partial charge in [0.25, 0.3) is 5.91 Å². The van der Waals surface area contributed by atoms with E-state index in [9.17, 15) is 14.0 Å². The fraction of sp³-hybridized carbons (Fsp3) is 0.368. The van der Waals surface area contributed by atoms with Gasteiger partial charge in [0.15, 0.2) is 5.82 Å². The molecular weight excluding hydrogens is 351 g/mol. The highest BCUT2D eigenvalue weighted by atomic mass is 19.1. The van der Waals surface area contributed by atoms with Crippen LogP contribution >= 0.6 is 0 Å². The van der Waals surface area contributed by atoms with Crippen molar-refractivity contribution in [3.8, 4) is 6.01 Å². The number of carbonyl (C=O) groups is 2. The van der Waals surface area contributed by atoms with Crippen LogP contribution in [0.3, 0.4) is 0 Å². The van der Waals surface area contributed by atoms with Crippen molar-refractivity contribution in [1.82, 2.24) is 15.3 Å². The van der Waals surface area contributed by atoms with Gasteiger partial charge in [-0.1, -0.05) is 0 Å². The van der Waals surface area contributed by atoms with Crippen molar-refractivity contribution in [2.75, 3.05) is 5.32 Å². The highest BCUT2D eigenvalue weighted by molar-refractivity contribution is 5.95. The third kappa shape index (κ3) is 5.47. The number of carbonyl (C=O) groups excluding carboxylic acids is 2. The number of halogens is 1. The zero-order valence-corrected chi connectivity index (χ0v) is 14.9. The van der Waals surface area contributed by atoms with Gasteiger partial charge < -0.3 is 15.4 Å². The van der Waals surface area contributed by atoms with E-state index in [2.05, 4.69) is 20.6 Å². The third-order valence-electron chi connectivity index (χ3n) is 4.35. The van der Waals surface area contributed by atoms with E-state index in [0.717, 1.165) is 38.1 Å². The fourth-order valence-electron chi connectivity index (χ4n) is 3.01. The number of rotatable bonds is 5. The lowest BCUT2D eigenvalue weighted by Crippen LogP contribution is -2.39. The minimum absolute atomic E-state index is 0.0412. The van der Waals surface area contributed by atoms with Crippen LogP contribution in [0.2, 0.25) is 0 Å². The minimum atomic E-state index is -0.501. The molecule has 1 fully saturated rings. The van der Waals surface area contributed by atoms with Gasteiger partial charge >= 0.3 is 6.01 Å². The van der Waals surface area contributed by atoms with Crippen molar-refractivity contribution >= 4 is 17.5 Å². The number of aromatic nitrogens is 2. The van der Waals surface area contributed by atoms with Crippen LogP contribution in [0.15, 0.2) is 36.7 Å². The molecule has 0 atom stereocenters. The van der Waals surface area contributed by atoms with E-state index in [1.165, 1.54) is 6.92 Å². The Hall–Kier alpha value is -3.03. The molecule has 2 amide bonds. The van der Waals surface area contributed by atoms with E-state index in [1.807, 2.05) is 0 Å². The fourth-order valence-corrected chi connectivity index (χ4v) is 3.01. The number of amides is 2. The lowest BCUT2D eigenvalue weighted by atomic mass is 9.92. The maximum absolute atomic E-state index is 12.8. The second-order valence-corrected chi connectivity index (χ2v) is 6.51. The van der Waals surface area contributed by atoms with Crippen LogP contribution in [0.5, 0.6) is 6.01 Å². The first-order valence-corrected chi connectivity index (χ1v) is 8.82. The van der Waals surface area contributed by atoms with Crippen LogP contribution in [0, 0.1) is 5.82 Å². The first-order chi connectivity index (χ1) is 13.0. The first-order valence-electron chi connectivity index (χ1n) is 8.82. The summed E-state index contributed by atoms with van der Waals surface area (Å²) in [6.45, 7) is 1.43. The summed E-state index contributed by atoms with van der Waals surface area (Å²) in [5.74, 6) is -0.799. The van der Waals surface area contributed by atoms with Gasteiger partial charge in [0.1, 0.15) is 6.10 Å². The molecule has 0 bridgehead atoms. The molecule has 0 saturated heterocycles. The lowest BCUT2D eigenvalue weighted by Gasteiger charge is -2.28. The topological polar surface area (TPSA) is 93.2 Å². The Morgan fingerprint density at radius 2 is 1.70 bits per heavy atom. The highest BCUT2D eigenvalue weighted by Crippen LogP contribution is 2.22. The summed E-state index contributed by atoms with van der Waals surface area (Å²) in [5, 5.41) is 5.69. The van der Waals surface area contributed by atoms with Crippen LogP contribution < -0.4 is 15.4 Å². The van der Waals surface area contributed by atoms with E-state index in [0.29, 0.717) is 11.3 Å². The largest absolute Gasteiger partial charge is 0.460 e. The van der Waals surface area contributed by atoms with Gasteiger partial charge in [-0.3, -0.25) is 9.59 Å². The zero-order chi connectivity index (χ0) is 19.2. The number of nitrogens with zero attached hydrogens (tertiary/aromatic N) is 2. The van der Waals surface area contributed by atoms with Crippen molar-refractivity contribution < 1.29 is 18.7 Å². The first kappa shape index (κ1) is 18.8. The van der Waals surface area contributed by atoms with Gasteiger partial charge in [-0.2, -0.15) is 0 Å². The van der Waals surface area contributed by atoms with E-state index in [-0.39, 0.29) is 30.0 Å². The smallest absolute Gasteiger partial charge is 0.316 e. The predicted molar refractivity (Wildman–Crippen MR) is 96.9 cm³/mol. The summed E-state index contributed by atoms with van der Waals surface area (Å²) in [5.41, 5.74) is 1.20. The van der Waals surface area contributed by atoms with Gasteiger partial charge in [-0.25, -0.2) is 14.4 Å². The predicted octanol–water partition coefficient (Wildman–Crippen LogP) is 2.69. The third-order valence-corrected chi connectivity index (χ3v) is 4.35. The lowest BCUT2D eigenvalue weighted by molar-refractivity contribution is -0.114. The molecule has 142 valence electrons. The van der Waals surface area contributed by atoms with E-state index < -0.39 is 5.82 Å². The molecule has 1 aliphatic carbocycles. The number of nitrogens with one attached hydrogen (secondary N) is 2. The van der Waals surface area contributed by atoms with Crippen molar-refractivity contribution in [3.63, 3.8) is 0 Å². The van der Waals surface area contributed by atoms with Crippen molar-refractivity contribution in [2.24, 2.45) is 0 Å². The Balaban J connectivity index is 1.46. The Morgan fingerprint density at radius 1 is 1.07 bits per heavy atom. The minimum Gasteiger partial charge on any atom is -0.460 e. The Labute approximate surface area is 156 Å². The van der Waals surface area contributed by atoms with Crippen LogP contribution in [-0.2, 0) is 4.79 Å². The molecule has 0 unspecified atom stereocenters. The number of benzene rings is 1. The van der Waals surface area contributed by atoms with Crippen LogP contribution in [-0.4, -0.2) is 33.9 Å². The van der Waals surface area contributed by atoms with Gasteiger partial charge in [-0.05, 0) is 49.9 Å². The standard InChI is InChI=1S/C19H21FN4O3/c1-12(25)23-15-4-2-13(3-5-15)18(26)24-16-6-8-17(9-7-16)27-19-21-10-14(20)11-22-19/h2-5,10-11,16-17H,6-9H2,1H3,(H,23,25)(H,24,26). The molecule has 0 spiro atoms. The van der Waals surface area contributed by atoms with Crippen LogP contribution in [0.25, 0.3) is 0 Å². The maximum atomic E-state index is 12.8. The van der Waals surface area contributed by atoms with E-state index in [1.54, 1.807) is 24.3 Å². The van der Waals surface area contributed by atoms with Crippen molar-refractivity contribution in [2.45, 2.75) is 44.8 Å². The summed E-state index contributed by atoms with van der Waals surface area (Å²) in [7, 11) is 0. The highest BCUT2D eigenvalue weighted by Gasteiger charge is 2.24. The molecule has 1 aliphatic rings. The molecule has 1 heterocycles. The Bertz CT molecular complexity index is 788. The summed E-state index contributed by atoms with van der Waals surface area (Å²) in [6, 6.07) is 7.00. The van der Waals surface area contributed by atoms with Crippen LogP contribution in [0.1, 0.15) is 43.0 Å². The summed E-state index contributed by atoms with van der Waals surface area (Å²) in [4.78, 5) is 31.0. The molecule has 0 radical (unpaired) electrons. The maximum Gasteiger partial charge on any atom is 0.316 e. The van der Waals surface area contributed by atoms with Gasteiger partial charge in [0.2, 0.25) is 5.91 Å². The van der Waals surface area contributed by atoms with E-state index >= 15 is 0 Å². The summed E-state index contributed by atoms with van der Waals surface area (Å²) < 4.78 is 18.5. The Kier molecular flexibility index (Phi) is 5.95. The van der Waals surface area contributed by atoms with E-state index in [4.69, 9.17) is 4.74 Å². The number of anilines is 1. The molecule has 2 aromatic rings. The Morgan fingerprint density at radius 3 is 2.30 bits per heavy atom. The molecular formula is C19H21FN4O3. The zero-order valence-electron chi connectivity index (χ0n) is 14.9. The molecule has 0 aliphatic heterocycles. The number of hydrogen-bond donors (Lipinski definition) is 2. The second-order valence-electron chi connectivity index (χ2n) is 6.51. The molecule has 27 heavy (non-hydrogen) atoms. The van der Waals surface area contributed by atoms with Gasteiger partial charge in [-0.15, -0.1) is 0 Å². The molecule has 1 saturated carbocycles. The molecule has 1 aromatic heterocycles. The average molecular weight is 372 g/mol.